The van der Waals surface area contributed by atoms with Gasteiger partial charge in [-0.05, 0) is 41.8 Å². The summed E-state index contributed by atoms with van der Waals surface area (Å²) in [4.78, 5) is 11.6. The summed E-state index contributed by atoms with van der Waals surface area (Å²) in [5.74, 6) is -0.876. The van der Waals surface area contributed by atoms with Gasteiger partial charge in [0, 0.05) is 0 Å². The van der Waals surface area contributed by atoms with Gasteiger partial charge in [0.05, 0.1) is 6.04 Å². The van der Waals surface area contributed by atoms with Crippen LogP contribution in [0.3, 0.4) is 0 Å². The molecular formula is C18H14F5NO3. The molecule has 27 heavy (non-hydrogen) atoms. The number of alkyl halides is 4. The van der Waals surface area contributed by atoms with Gasteiger partial charge in [0.1, 0.15) is 17.7 Å². The third-order valence-electron chi connectivity index (χ3n) is 3.96. The third-order valence-corrected chi connectivity index (χ3v) is 3.96. The van der Waals surface area contributed by atoms with Crippen molar-refractivity contribution in [2.75, 3.05) is 0 Å². The number of carbonyl (C=O) groups excluding carboxylic acids is 1. The van der Waals surface area contributed by atoms with Crippen molar-refractivity contribution in [3.05, 3.63) is 65.5 Å². The molecule has 1 aliphatic rings. The maximum Gasteiger partial charge on any atom is 0.461 e. The highest BCUT2D eigenvalue weighted by atomic mass is 19.3. The molecule has 1 fully saturated rings. The van der Waals surface area contributed by atoms with Crippen LogP contribution in [-0.4, -0.2) is 24.7 Å². The second-order valence-corrected chi connectivity index (χ2v) is 5.94. The maximum atomic E-state index is 13.1. The van der Waals surface area contributed by atoms with Gasteiger partial charge in [-0.3, -0.25) is 0 Å². The summed E-state index contributed by atoms with van der Waals surface area (Å²) < 4.78 is 73.0. The lowest BCUT2D eigenvalue weighted by Gasteiger charge is -2.19. The zero-order valence-corrected chi connectivity index (χ0v) is 13.7. The van der Waals surface area contributed by atoms with Crippen LogP contribution in [0, 0.1) is 5.82 Å². The van der Waals surface area contributed by atoms with Gasteiger partial charge < -0.3 is 14.8 Å². The van der Waals surface area contributed by atoms with Gasteiger partial charge >= 0.3 is 18.6 Å². The largest absolute Gasteiger partial charge is 0.461 e. The van der Waals surface area contributed by atoms with E-state index in [1.54, 1.807) is 6.07 Å². The Labute approximate surface area is 150 Å². The van der Waals surface area contributed by atoms with E-state index in [0.29, 0.717) is 11.1 Å². The molecule has 0 radical (unpaired) electrons. The summed E-state index contributed by atoms with van der Waals surface area (Å²) in [7, 11) is 0. The Morgan fingerprint density at radius 3 is 2.52 bits per heavy atom. The van der Waals surface area contributed by atoms with Crippen molar-refractivity contribution in [3.8, 4) is 5.75 Å². The molecule has 2 aromatic carbocycles. The lowest BCUT2D eigenvalue weighted by Crippen LogP contribution is -2.33. The minimum atomic E-state index is -4.61. The van der Waals surface area contributed by atoms with Crippen molar-refractivity contribution in [2.24, 2.45) is 0 Å². The SMILES string of the molecule is O=C1NC(Cc2cccc(OC(F)(F)C(F)F)c2)C(c2ccc(F)cc2)O1. The summed E-state index contributed by atoms with van der Waals surface area (Å²) in [6.45, 7) is 0. The fourth-order valence-corrected chi connectivity index (χ4v) is 2.76. The number of cyclic esters (lactones) is 1. The Kier molecular flexibility index (Phi) is 5.20. The lowest BCUT2D eigenvalue weighted by atomic mass is 9.97. The first-order chi connectivity index (χ1) is 12.7. The fourth-order valence-electron chi connectivity index (χ4n) is 2.76. The number of amides is 1. The van der Waals surface area contributed by atoms with Gasteiger partial charge in [-0.25, -0.2) is 9.18 Å². The van der Waals surface area contributed by atoms with Crippen molar-refractivity contribution < 1.29 is 36.2 Å². The van der Waals surface area contributed by atoms with Crippen LogP contribution in [-0.2, 0) is 11.2 Å². The monoisotopic (exact) mass is 387 g/mol. The van der Waals surface area contributed by atoms with E-state index in [1.165, 1.54) is 36.4 Å². The van der Waals surface area contributed by atoms with E-state index < -0.39 is 42.3 Å². The molecule has 1 N–H and O–H groups in total. The van der Waals surface area contributed by atoms with Gasteiger partial charge in [0.2, 0.25) is 0 Å². The standard InChI is InChI=1S/C18H14F5NO3/c19-12-6-4-11(5-7-12)15-14(24-17(25)26-15)9-10-2-1-3-13(8-10)27-18(22,23)16(20)21/h1-8,14-16H,9H2,(H,24,25). The first-order valence-corrected chi connectivity index (χ1v) is 7.91. The smallest absolute Gasteiger partial charge is 0.439 e. The quantitative estimate of drug-likeness (QED) is 0.745. The predicted molar refractivity (Wildman–Crippen MR) is 84.3 cm³/mol. The van der Waals surface area contributed by atoms with E-state index in [1.807, 2.05) is 0 Å². The summed E-state index contributed by atoms with van der Waals surface area (Å²) in [5.41, 5.74) is 1.01. The molecule has 2 unspecified atom stereocenters. The van der Waals surface area contributed by atoms with E-state index in [9.17, 15) is 26.7 Å². The number of alkyl carbamates (subject to hydrolysis) is 1. The van der Waals surface area contributed by atoms with Crippen molar-refractivity contribution >= 4 is 6.09 Å². The van der Waals surface area contributed by atoms with Gasteiger partial charge in [-0.1, -0.05) is 24.3 Å². The third kappa shape index (κ3) is 4.47. The minimum absolute atomic E-state index is 0.158. The fraction of sp³-hybridized carbons (Fsp3) is 0.278. The highest BCUT2D eigenvalue weighted by Gasteiger charge is 2.44. The molecule has 0 bridgehead atoms. The second kappa shape index (κ2) is 7.42. The Bertz CT molecular complexity index is 813. The molecule has 1 amide bonds. The normalized spacial score (nSPS) is 19.7. The van der Waals surface area contributed by atoms with Crippen LogP contribution in [0.25, 0.3) is 0 Å². The zero-order valence-electron chi connectivity index (χ0n) is 13.7. The van der Waals surface area contributed by atoms with Gasteiger partial charge in [0.15, 0.2) is 0 Å². The number of hydrogen-bond acceptors (Lipinski definition) is 3. The van der Waals surface area contributed by atoms with E-state index >= 15 is 0 Å². The summed E-state index contributed by atoms with van der Waals surface area (Å²) in [6, 6.07) is 10.1. The number of nitrogens with one attached hydrogen (secondary N) is 1. The molecule has 2 aromatic rings. The number of hydrogen-bond donors (Lipinski definition) is 1. The Hall–Kier alpha value is -2.84. The molecule has 3 rings (SSSR count). The maximum absolute atomic E-state index is 13.1. The first kappa shape index (κ1) is 18.9. The molecular weight excluding hydrogens is 373 g/mol. The number of benzene rings is 2. The lowest BCUT2D eigenvalue weighted by molar-refractivity contribution is -0.253. The van der Waals surface area contributed by atoms with Gasteiger partial charge in [0.25, 0.3) is 0 Å². The molecule has 9 heteroatoms. The summed E-state index contributed by atoms with van der Waals surface area (Å²) in [6.07, 6.45) is -9.81. The number of ether oxygens (including phenoxy) is 2. The van der Waals surface area contributed by atoms with Crippen molar-refractivity contribution in [1.82, 2.24) is 5.32 Å². The van der Waals surface area contributed by atoms with Gasteiger partial charge in [-0.2, -0.15) is 17.6 Å². The number of halogens is 5. The van der Waals surface area contributed by atoms with Crippen LogP contribution >= 0.6 is 0 Å². The first-order valence-electron chi connectivity index (χ1n) is 7.91. The molecule has 1 saturated heterocycles. The van der Waals surface area contributed by atoms with Crippen LogP contribution in [0.1, 0.15) is 17.2 Å². The Morgan fingerprint density at radius 2 is 1.85 bits per heavy atom. The van der Waals surface area contributed by atoms with E-state index in [4.69, 9.17) is 4.74 Å². The molecule has 0 aromatic heterocycles. The van der Waals surface area contributed by atoms with Crippen LogP contribution in [0.2, 0.25) is 0 Å². The number of carbonyl (C=O) groups is 1. The van der Waals surface area contributed by atoms with E-state index in [2.05, 4.69) is 10.1 Å². The highest BCUT2D eigenvalue weighted by molar-refractivity contribution is 5.70. The van der Waals surface area contributed by atoms with Crippen molar-refractivity contribution in [3.63, 3.8) is 0 Å². The van der Waals surface area contributed by atoms with E-state index in [-0.39, 0.29) is 6.42 Å². The van der Waals surface area contributed by atoms with Crippen molar-refractivity contribution in [1.29, 1.82) is 0 Å². The molecule has 0 aliphatic carbocycles. The van der Waals surface area contributed by atoms with Gasteiger partial charge in [-0.15, -0.1) is 0 Å². The molecule has 144 valence electrons. The Balaban J connectivity index is 1.76. The summed E-state index contributed by atoms with van der Waals surface area (Å²) in [5, 5.41) is 2.59. The summed E-state index contributed by atoms with van der Waals surface area (Å²) >= 11 is 0. The van der Waals surface area contributed by atoms with Crippen LogP contribution < -0.4 is 10.1 Å². The van der Waals surface area contributed by atoms with Crippen LogP contribution in [0.4, 0.5) is 26.7 Å². The molecule has 0 spiro atoms. The molecule has 2 atom stereocenters. The average molecular weight is 387 g/mol. The molecule has 4 nitrogen and oxygen atoms in total. The molecule has 1 heterocycles. The Morgan fingerprint density at radius 1 is 1.15 bits per heavy atom. The molecule has 1 aliphatic heterocycles. The van der Waals surface area contributed by atoms with Crippen LogP contribution in [0.5, 0.6) is 5.75 Å². The minimum Gasteiger partial charge on any atom is -0.439 e. The van der Waals surface area contributed by atoms with Crippen LogP contribution in [0.15, 0.2) is 48.5 Å². The average Bonchev–Trinajstić information content (AvgIpc) is 2.95. The predicted octanol–water partition coefficient (Wildman–Crippen LogP) is 4.45. The topological polar surface area (TPSA) is 47.6 Å². The van der Waals surface area contributed by atoms with E-state index in [0.717, 1.165) is 6.07 Å². The van der Waals surface area contributed by atoms with Crippen molar-refractivity contribution in [2.45, 2.75) is 31.1 Å². The zero-order chi connectivity index (χ0) is 19.6. The second-order valence-electron chi connectivity index (χ2n) is 5.94. The molecule has 0 saturated carbocycles. The highest BCUT2D eigenvalue weighted by Crippen LogP contribution is 2.31. The number of rotatable bonds is 6.